The lowest BCUT2D eigenvalue weighted by Crippen LogP contribution is -2.32. The highest BCUT2D eigenvalue weighted by molar-refractivity contribution is 6.05. The van der Waals surface area contributed by atoms with Gasteiger partial charge in [0.15, 0.2) is 5.78 Å². The number of carboxylic acid groups (broad SMARTS) is 2. The number of aliphatic carboxylic acids is 2. The zero-order chi connectivity index (χ0) is 15.3. The molecule has 2 rings (SSSR count). The van der Waals surface area contributed by atoms with Crippen LogP contribution in [0.25, 0.3) is 0 Å². The molecule has 0 aromatic carbocycles. The lowest BCUT2D eigenvalue weighted by molar-refractivity contribution is -0.146. The van der Waals surface area contributed by atoms with E-state index >= 15 is 0 Å². The third kappa shape index (κ3) is 1.87. The Morgan fingerprint density at radius 1 is 1.35 bits per heavy atom. The van der Waals surface area contributed by atoms with Gasteiger partial charge in [0.2, 0.25) is 0 Å². The van der Waals surface area contributed by atoms with E-state index in [1.807, 2.05) is 20.8 Å². The number of hydrogen-bond acceptors (Lipinski definition) is 3. The number of hydrogen-bond donors (Lipinski definition) is 2. The van der Waals surface area contributed by atoms with Crippen molar-refractivity contribution in [1.82, 2.24) is 0 Å². The predicted molar refractivity (Wildman–Crippen MR) is 71.1 cm³/mol. The van der Waals surface area contributed by atoms with E-state index < -0.39 is 29.7 Å². The van der Waals surface area contributed by atoms with Crippen LogP contribution in [0.1, 0.15) is 40.0 Å². The fourth-order valence-electron chi connectivity index (χ4n) is 3.74. The van der Waals surface area contributed by atoms with Crippen molar-refractivity contribution >= 4 is 17.7 Å². The van der Waals surface area contributed by atoms with Gasteiger partial charge >= 0.3 is 11.9 Å². The van der Waals surface area contributed by atoms with Crippen LogP contribution in [0.5, 0.6) is 0 Å². The molecule has 3 atom stereocenters. The molecule has 2 aliphatic carbocycles. The lowest BCUT2D eigenvalue weighted by Gasteiger charge is -2.31. The third-order valence-electron chi connectivity index (χ3n) is 5.46. The van der Waals surface area contributed by atoms with E-state index in [-0.39, 0.29) is 17.1 Å². The first kappa shape index (κ1) is 14.8. The van der Waals surface area contributed by atoms with Gasteiger partial charge < -0.3 is 10.2 Å². The highest BCUT2D eigenvalue weighted by Gasteiger charge is 2.63. The van der Waals surface area contributed by atoms with E-state index in [0.29, 0.717) is 5.57 Å². The minimum Gasteiger partial charge on any atom is -0.481 e. The molecule has 2 bridgehead atoms. The molecule has 0 aliphatic heterocycles. The number of carbonyl (C=O) groups excluding carboxylic acids is 1. The second kappa shape index (κ2) is 4.43. The summed E-state index contributed by atoms with van der Waals surface area (Å²) in [4.78, 5) is 34.4. The van der Waals surface area contributed by atoms with E-state index in [1.165, 1.54) is 6.08 Å². The van der Waals surface area contributed by atoms with Crippen molar-refractivity contribution in [2.75, 3.05) is 0 Å². The van der Waals surface area contributed by atoms with Gasteiger partial charge in [0.1, 0.15) is 0 Å². The number of allylic oxidation sites excluding steroid dienone is 1. The van der Waals surface area contributed by atoms with E-state index in [9.17, 15) is 14.4 Å². The third-order valence-corrected chi connectivity index (χ3v) is 5.46. The predicted octanol–water partition coefficient (Wildman–Crippen LogP) is 2.11. The van der Waals surface area contributed by atoms with Crippen molar-refractivity contribution in [2.45, 2.75) is 40.0 Å². The number of Topliss-reactive ketones (excluding diaryl/α,β-unsaturated/α-hetero) is 1. The number of rotatable bonds is 4. The van der Waals surface area contributed by atoms with Crippen LogP contribution in [-0.4, -0.2) is 27.9 Å². The fourth-order valence-corrected chi connectivity index (χ4v) is 3.74. The summed E-state index contributed by atoms with van der Waals surface area (Å²) in [7, 11) is 0. The Balaban J connectivity index is 2.38. The topological polar surface area (TPSA) is 91.7 Å². The van der Waals surface area contributed by atoms with Crippen molar-refractivity contribution in [1.29, 1.82) is 0 Å². The molecular weight excluding hydrogens is 260 g/mol. The van der Waals surface area contributed by atoms with Crippen LogP contribution >= 0.6 is 0 Å². The molecule has 20 heavy (non-hydrogen) atoms. The van der Waals surface area contributed by atoms with Crippen molar-refractivity contribution in [3.63, 3.8) is 0 Å². The van der Waals surface area contributed by atoms with Gasteiger partial charge in [-0.05, 0) is 29.7 Å². The molecule has 0 amide bonds. The summed E-state index contributed by atoms with van der Waals surface area (Å²) in [5.74, 6) is -3.47. The van der Waals surface area contributed by atoms with E-state index in [2.05, 4.69) is 0 Å². The summed E-state index contributed by atoms with van der Waals surface area (Å²) in [5.41, 5.74) is -0.116. The van der Waals surface area contributed by atoms with Gasteiger partial charge in [-0.2, -0.15) is 0 Å². The molecule has 5 nitrogen and oxygen atoms in total. The summed E-state index contributed by atoms with van der Waals surface area (Å²) in [6.45, 7) is 6.01. The fraction of sp³-hybridized carbons (Fsp3) is 0.667. The zero-order valence-corrected chi connectivity index (χ0v) is 12.0. The minimum absolute atomic E-state index is 0.00427. The van der Waals surface area contributed by atoms with Gasteiger partial charge in [-0.3, -0.25) is 14.4 Å². The Kier molecular flexibility index (Phi) is 3.27. The number of fused-ring (bicyclic) bond motifs is 2. The maximum Gasteiger partial charge on any atom is 0.310 e. The van der Waals surface area contributed by atoms with E-state index in [4.69, 9.17) is 10.2 Å². The van der Waals surface area contributed by atoms with Gasteiger partial charge in [-0.25, -0.2) is 0 Å². The summed E-state index contributed by atoms with van der Waals surface area (Å²) in [6.07, 6.45) is 2.57. The molecule has 5 heteroatoms. The zero-order valence-electron chi connectivity index (χ0n) is 12.0. The molecular formula is C15H20O5. The second-order valence-corrected chi connectivity index (χ2v) is 6.64. The van der Waals surface area contributed by atoms with Crippen molar-refractivity contribution in [3.05, 3.63) is 11.6 Å². The molecule has 110 valence electrons. The Bertz CT molecular complexity index is 516. The molecule has 2 saturated carbocycles. The minimum atomic E-state index is -1.20. The monoisotopic (exact) mass is 280 g/mol. The first-order valence-electron chi connectivity index (χ1n) is 6.82. The van der Waals surface area contributed by atoms with Crippen molar-refractivity contribution in [2.24, 2.45) is 22.7 Å². The largest absolute Gasteiger partial charge is 0.481 e. The number of carbonyl (C=O) groups is 3. The Hall–Kier alpha value is -1.65. The first-order valence-corrected chi connectivity index (χ1v) is 6.82. The van der Waals surface area contributed by atoms with Crippen LogP contribution in [0.15, 0.2) is 11.6 Å². The van der Waals surface area contributed by atoms with Gasteiger partial charge in [-0.1, -0.05) is 26.8 Å². The Morgan fingerprint density at radius 2 is 1.95 bits per heavy atom. The van der Waals surface area contributed by atoms with Crippen LogP contribution in [-0.2, 0) is 14.4 Å². The number of carboxylic acids is 2. The average Bonchev–Trinajstić information content (AvgIpc) is 2.62. The quantitative estimate of drug-likeness (QED) is 0.769. The van der Waals surface area contributed by atoms with Crippen molar-refractivity contribution in [3.8, 4) is 0 Å². The van der Waals surface area contributed by atoms with Crippen LogP contribution in [0, 0.1) is 22.7 Å². The number of ketones is 1. The summed E-state index contributed by atoms with van der Waals surface area (Å²) in [6, 6.07) is 0. The van der Waals surface area contributed by atoms with Gasteiger partial charge in [0.05, 0.1) is 12.3 Å². The summed E-state index contributed by atoms with van der Waals surface area (Å²) in [5, 5.41) is 17.9. The molecule has 0 heterocycles. The summed E-state index contributed by atoms with van der Waals surface area (Å²) < 4.78 is 0. The average molecular weight is 280 g/mol. The highest BCUT2D eigenvalue weighted by atomic mass is 16.4. The second-order valence-electron chi connectivity index (χ2n) is 6.64. The smallest absolute Gasteiger partial charge is 0.310 e. The van der Waals surface area contributed by atoms with Gasteiger partial charge in [0.25, 0.3) is 0 Å². The van der Waals surface area contributed by atoms with Crippen LogP contribution in [0.4, 0.5) is 0 Å². The van der Waals surface area contributed by atoms with Crippen LogP contribution in [0.2, 0.25) is 0 Å². The normalized spacial score (nSPS) is 34.5. The van der Waals surface area contributed by atoms with Crippen LogP contribution < -0.4 is 0 Å². The van der Waals surface area contributed by atoms with Gasteiger partial charge in [-0.15, -0.1) is 0 Å². The summed E-state index contributed by atoms with van der Waals surface area (Å²) >= 11 is 0. The molecule has 2 N–H and O–H groups in total. The molecule has 0 spiro atoms. The van der Waals surface area contributed by atoms with E-state index in [0.717, 1.165) is 12.8 Å². The molecule has 0 aromatic rings. The molecule has 2 fully saturated rings. The highest BCUT2D eigenvalue weighted by Crippen LogP contribution is 2.65. The Labute approximate surface area is 117 Å². The molecule has 0 radical (unpaired) electrons. The van der Waals surface area contributed by atoms with E-state index in [1.54, 1.807) is 0 Å². The molecule has 0 aromatic heterocycles. The van der Waals surface area contributed by atoms with Crippen molar-refractivity contribution < 1.29 is 24.6 Å². The molecule has 0 unspecified atom stereocenters. The SMILES string of the molecule is CC1(C)[C@@H]2CC[C@]1(C)C(=O)/C2=C/[C@@H](CC(=O)O)C(=O)O. The molecule has 0 saturated heterocycles. The lowest BCUT2D eigenvalue weighted by atomic mass is 9.70. The van der Waals surface area contributed by atoms with Crippen LogP contribution in [0.3, 0.4) is 0 Å². The first-order chi connectivity index (χ1) is 9.11. The maximum atomic E-state index is 12.5. The standard InChI is InChI=1S/C15H20O5/c1-14(2)10-4-5-15(14,3)12(18)9(10)6-8(13(19)20)7-11(16)17/h6,8,10H,4-5,7H2,1-3H3,(H,16,17)(H,19,20)/b9-6+/t8-,10+,15+/m0/s1. The molecule has 2 aliphatic rings. The maximum absolute atomic E-state index is 12.5. The van der Waals surface area contributed by atoms with Gasteiger partial charge in [0, 0.05) is 5.41 Å². The Morgan fingerprint density at radius 3 is 2.35 bits per heavy atom.